The molecule has 1 amide bonds. The Balaban J connectivity index is 1.90. The molecule has 0 aliphatic heterocycles. The molecular weight excluding hydrogens is 420 g/mol. The van der Waals surface area contributed by atoms with Crippen molar-refractivity contribution in [2.24, 2.45) is 5.92 Å². The summed E-state index contributed by atoms with van der Waals surface area (Å²) in [4.78, 5) is 39.1. The predicted molar refractivity (Wildman–Crippen MR) is 117 cm³/mol. The Morgan fingerprint density at radius 1 is 1.29 bits per heavy atom. The van der Waals surface area contributed by atoms with Crippen molar-refractivity contribution in [1.29, 1.82) is 0 Å². The molecule has 0 spiro atoms. The molecule has 1 aromatic carbocycles. The lowest BCUT2D eigenvalue weighted by Gasteiger charge is -2.25. The summed E-state index contributed by atoms with van der Waals surface area (Å²) < 4.78 is 6.77. The van der Waals surface area contributed by atoms with Gasteiger partial charge in [0.1, 0.15) is 17.2 Å². The van der Waals surface area contributed by atoms with E-state index in [4.69, 9.17) is 27.1 Å². The number of carbonyl (C=O) groups is 1. The maximum absolute atomic E-state index is 13.5. The summed E-state index contributed by atoms with van der Waals surface area (Å²) in [5.74, 6) is 0.909. The van der Waals surface area contributed by atoms with Crippen molar-refractivity contribution < 1.29 is 9.53 Å². The number of halogens is 1. The van der Waals surface area contributed by atoms with E-state index in [1.54, 1.807) is 39.0 Å². The number of fused-ring (bicyclic) bond motifs is 1. The van der Waals surface area contributed by atoms with Crippen molar-refractivity contribution in [3.63, 3.8) is 0 Å². The van der Waals surface area contributed by atoms with Crippen molar-refractivity contribution in [3.05, 3.63) is 51.8 Å². The lowest BCUT2D eigenvalue weighted by Crippen LogP contribution is -2.39. The van der Waals surface area contributed by atoms with Gasteiger partial charge in [0, 0.05) is 0 Å². The fourth-order valence-electron chi connectivity index (χ4n) is 3.34. The molecule has 2 heterocycles. The molecular formula is C21H23ClN6O3. The zero-order chi connectivity index (χ0) is 22.3. The Morgan fingerprint density at radius 3 is 2.65 bits per heavy atom. The van der Waals surface area contributed by atoms with E-state index in [2.05, 4.69) is 15.3 Å². The highest BCUT2D eigenvalue weighted by Gasteiger charge is 2.38. The van der Waals surface area contributed by atoms with Crippen molar-refractivity contribution >= 4 is 34.4 Å². The van der Waals surface area contributed by atoms with Crippen molar-refractivity contribution in [3.8, 4) is 5.82 Å². The lowest BCUT2D eigenvalue weighted by molar-refractivity contribution is 0.0493. The molecule has 1 fully saturated rings. The van der Waals surface area contributed by atoms with Gasteiger partial charge in [0.2, 0.25) is 0 Å². The van der Waals surface area contributed by atoms with Crippen molar-refractivity contribution in [2.75, 3.05) is 5.73 Å². The first kappa shape index (κ1) is 21.0. The van der Waals surface area contributed by atoms with Crippen LogP contribution in [-0.4, -0.2) is 31.2 Å². The van der Waals surface area contributed by atoms with Crippen LogP contribution < -0.4 is 16.6 Å². The molecule has 0 radical (unpaired) electrons. The van der Waals surface area contributed by atoms with Gasteiger partial charge in [0.25, 0.3) is 5.56 Å². The van der Waals surface area contributed by atoms with Crippen LogP contribution in [-0.2, 0) is 4.74 Å². The average Bonchev–Trinajstić information content (AvgIpc) is 3.51. The first-order chi connectivity index (χ1) is 14.6. The third-order valence-corrected chi connectivity index (χ3v) is 5.12. The monoisotopic (exact) mass is 442 g/mol. The summed E-state index contributed by atoms with van der Waals surface area (Å²) >= 11 is 6.31. The van der Waals surface area contributed by atoms with E-state index < -0.39 is 23.3 Å². The fraction of sp³-hybridized carbons (Fsp3) is 0.381. The first-order valence-electron chi connectivity index (χ1n) is 9.92. The van der Waals surface area contributed by atoms with Gasteiger partial charge in [-0.25, -0.2) is 24.3 Å². The minimum atomic E-state index is -0.662. The number of carbonyl (C=O) groups excluding carboxylic acids is 1. The smallest absolute Gasteiger partial charge is 0.408 e. The highest BCUT2D eigenvalue weighted by Crippen LogP contribution is 2.41. The molecule has 2 aromatic heterocycles. The van der Waals surface area contributed by atoms with Crippen LogP contribution in [0.1, 0.15) is 45.5 Å². The van der Waals surface area contributed by atoms with Crippen LogP contribution in [0, 0.1) is 5.92 Å². The molecule has 1 saturated carbocycles. The second-order valence-corrected chi connectivity index (χ2v) is 8.91. The van der Waals surface area contributed by atoms with E-state index in [9.17, 15) is 9.59 Å². The molecule has 1 aliphatic rings. The molecule has 1 atom stereocenters. The first-order valence-corrected chi connectivity index (χ1v) is 10.3. The predicted octanol–water partition coefficient (Wildman–Crippen LogP) is 3.39. The fourth-order valence-corrected chi connectivity index (χ4v) is 3.59. The van der Waals surface area contributed by atoms with Gasteiger partial charge in [0.05, 0.1) is 34.4 Å². The average molecular weight is 443 g/mol. The molecule has 0 unspecified atom stereocenters. The highest BCUT2D eigenvalue weighted by molar-refractivity contribution is 6.35. The SMILES string of the molecule is CC(C)(C)OC(=O)N[C@H](c1nc2cccc(Cl)c2c(=O)n1-c1cnc(N)cn1)C1CC1. The maximum Gasteiger partial charge on any atom is 0.408 e. The lowest BCUT2D eigenvalue weighted by atomic mass is 10.1. The number of benzene rings is 1. The number of nitrogens with one attached hydrogen (secondary N) is 1. The molecule has 9 nitrogen and oxygen atoms in total. The largest absolute Gasteiger partial charge is 0.444 e. The van der Waals surface area contributed by atoms with Crippen LogP contribution in [0.3, 0.4) is 0 Å². The zero-order valence-corrected chi connectivity index (χ0v) is 18.2. The minimum absolute atomic E-state index is 0.115. The quantitative estimate of drug-likeness (QED) is 0.634. The Kier molecular flexibility index (Phi) is 5.30. The molecule has 10 heteroatoms. The van der Waals surface area contributed by atoms with Crippen LogP contribution in [0.5, 0.6) is 0 Å². The van der Waals surface area contributed by atoms with Crippen molar-refractivity contribution in [2.45, 2.75) is 45.3 Å². The summed E-state index contributed by atoms with van der Waals surface area (Å²) in [6, 6.07) is 4.51. The van der Waals surface area contributed by atoms with Crippen molar-refractivity contribution in [1.82, 2.24) is 24.8 Å². The van der Waals surface area contributed by atoms with Gasteiger partial charge in [-0.15, -0.1) is 0 Å². The second-order valence-electron chi connectivity index (χ2n) is 8.51. The number of nitrogen functional groups attached to an aromatic ring is 1. The van der Waals surface area contributed by atoms with Crippen LogP contribution in [0.4, 0.5) is 10.6 Å². The number of alkyl carbamates (subject to hydrolysis) is 1. The number of nitrogens with two attached hydrogens (primary N) is 1. The number of amides is 1. The number of hydrogen-bond donors (Lipinski definition) is 2. The zero-order valence-electron chi connectivity index (χ0n) is 17.4. The highest BCUT2D eigenvalue weighted by atomic mass is 35.5. The Labute approximate surface area is 183 Å². The topological polar surface area (TPSA) is 125 Å². The third kappa shape index (κ3) is 4.46. The van der Waals surface area contributed by atoms with Crippen LogP contribution in [0.25, 0.3) is 16.7 Å². The van der Waals surface area contributed by atoms with E-state index >= 15 is 0 Å². The number of aromatic nitrogens is 4. The number of rotatable bonds is 4. The summed E-state index contributed by atoms with van der Waals surface area (Å²) in [5, 5.41) is 3.43. The molecule has 0 bridgehead atoms. The maximum atomic E-state index is 13.5. The molecule has 162 valence electrons. The van der Waals surface area contributed by atoms with Gasteiger partial charge in [-0.2, -0.15) is 0 Å². The van der Waals surface area contributed by atoms with Gasteiger partial charge in [-0.1, -0.05) is 17.7 Å². The van der Waals surface area contributed by atoms with E-state index in [1.165, 1.54) is 17.0 Å². The Hall–Kier alpha value is -3.20. The van der Waals surface area contributed by atoms with Crippen LogP contribution in [0.2, 0.25) is 5.02 Å². The molecule has 1 aliphatic carbocycles. The summed E-state index contributed by atoms with van der Waals surface area (Å²) in [7, 11) is 0. The van der Waals surface area contributed by atoms with Crippen LogP contribution >= 0.6 is 11.6 Å². The van der Waals surface area contributed by atoms with E-state index in [0.717, 1.165) is 12.8 Å². The molecule has 0 saturated heterocycles. The minimum Gasteiger partial charge on any atom is -0.444 e. The van der Waals surface area contributed by atoms with Crippen LogP contribution in [0.15, 0.2) is 35.4 Å². The molecule has 31 heavy (non-hydrogen) atoms. The van der Waals surface area contributed by atoms with E-state index in [1.807, 2.05) is 0 Å². The van der Waals surface area contributed by atoms with E-state index in [0.29, 0.717) is 11.3 Å². The molecule has 4 rings (SSSR count). The van der Waals surface area contributed by atoms with Gasteiger partial charge in [0.15, 0.2) is 5.82 Å². The normalized spacial score (nSPS) is 15.0. The number of anilines is 1. The molecule has 3 aromatic rings. The Bertz CT molecular complexity index is 1200. The van der Waals surface area contributed by atoms with Gasteiger partial charge in [-0.3, -0.25) is 4.79 Å². The third-order valence-electron chi connectivity index (χ3n) is 4.80. The summed E-state index contributed by atoms with van der Waals surface area (Å²) in [6.07, 6.45) is 3.94. The van der Waals surface area contributed by atoms with Gasteiger partial charge >= 0.3 is 6.09 Å². The Morgan fingerprint density at radius 2 is 2.03 bits per heavy atom. The number of ether oxygens (including phenoxy) is 1. The summed E-state index contributed by atoms with van der Waals surface area (Å²) in [6.45, 7) is 5.36. The van der Waals surface area contributed by atoms with Gasteiger partial charge in [-0.05, 0) is 51.7 Å². The molecule has 3 N–H and O–H groups in total. The number of hydrogen-bond acceptors (Lipinski definition) is 7. The summed E-state index contributed by atoms with van der Waals surface area (Å²) in [5.41, 5.74) is 5.04. The van der Waals surface area contributed by atoms with Gasteiger partial charge < -0.3 is 15.8 Å². The number of nitrogens with zero attached hydrogens (tertiary/aromatic N) is 4. The second kappa shape index (κ2) is 7.81. The standard InChI is InChI=1S/C21H23ClN6O3/c1-21(2,3)31-20(30)27-17(11-7-8-11)18-26-13-6-4-5-12(22)16(13)19(29)28(18)15-10-24-14(23)9-25-15/h4-6,9-11,17H,7-8H2,1-3H3,(H2,23,24)(H,27,30)/t17-/m0/s1. The van der Waals surface area contributed by atoms with E-state index in [-0.39, 0.29) is 28.0 Å².